The van der Waals surface area contributed by atoms with Crippen molar-refractivity contribution in [3.8, 4) is 0 Å². The number of esters is 1. The third-order valence-electron chi connectivity index (χ3n) is 2.92. The van der Waals surface area contributed by atoms with E-state index in [1.807, 2.05) is 27.7 Å². The minimum Gasteiger partial charge on any atom is -0.456 e. The van der Waals surface area contributed by atoms with Gasteiger partial charge in [0.15, 0.2) is 12.4 Å². The van der Waals surface area contributed by atoms with Gasteiger partial charge in [-0.05, 0) is 20.8 Å². The summed E-state index contributed by atoms with van der Waals surface area (Å²) in [6, 6.07) is 0. The minimum absolute atomic E-state index is 0.0818. The van der Waals surface area contributed by atoms with Gasteiger partial charge in [0.1, 0.15) is 0 Å². The fraction of sp³-hybridized carbons (Fsp3) is 0.917. The summed E-state index contributed by atoms with van der Waals surface area (Å²) >= 11 is 2.27. The van der Waals surface area contributed by atoms with Crippen molar-refractivity contribution >= 4 is 28.6 Å². The van der Waals surface area contributed by atoms with Gasteiger partial charge in [0.25, 0.3) is 0 Å². The normalized spacial score (nSPS) is 33.8. The van der Waals surface area contributed by atoms with Crippen LogP contribution in [0.4, 0.5) is 0 Å². The number of rotatable bonds is 3. The van der Waals surface area contributed by atoms with Crippen LogP contribution < -0.4 is 0 Å². The first-order valence-corrected chi connectivity index (χ1v) is 7.29. The van der Waals surface area contributed by atoms with Gasteiger partial charge in [-0.2, -0.15) is 0 Å². The molecule has 0 unspecified atom stereocenters. The van der Waals surface area contributed by atoms with Crippen LogP contribution in [-0.4, -0.2) is 36.0 Å². The summed E-state index contributed by atoms with van der Waals surface area (Å²) in [5, 5.41) is 0. The SMILES string of the molecule is CO[C@@H]1O[C@H](CI)[C@@H](C)[C@H]1OC(=O)C(C)(C)C. The Labute approximate surface area is 117 Å². The summed E-state index contributed by atoms with van der Waals surface area (Å²) in [5.41, 5.74) is -0.500. The monoisotopic (exact) mass is 356 g/mol. The van der Waals surface area contributed by atoms with E-state index in [1.165, 1.54) is 0 Å². The molecule has 0 N–H and O–H groups in total. The molecule has 1 aliphatic rings. The van der Waals surface area contributed by atoms with Crippen LogP contribution >= 0.6 is 22.6 Å². The maximum atomic E-state index is 11.9. The van der Waals surface area contributed by atoms with Crippen LogP contribution in [0.3, 0.4) is 0 Å². The van der Waals surface area contributed by atoms with Crippen LogP contribution in [0.2, 0.25) is 0 Å². The topological polar surface area (TPSA) is 44.8 Å². The average Bonchev–Trinajstić information content (AvgIpc) is 2.54. The van der Waals surface area contributed by atoms with E-state index in [2.05, 4.69) is 22.6 Å². The molecular weight excluding hydrogens is 335 g/mol. The van der Waals surface area contributed by atoms with Crippen LogP contribution in [0.5, 0.6) is 0 Å². The van der Waals surface area contributed by atoms with E-state index in [1.54, 1.807) is 7.11 Å². The highest BCUT2D eigenvalue weighted by atomic mass is 127. The first kappa shape index (κ1) is 15.2. The Hall–Kier alpha value is 0.120. The summed E-state index contributed by atoms with van der Waals surface area (Å²) in [6.07, 6.45) is -0.680. The largest absolute Gasteiger partial charge is 0.456 e. The van der Waals surface area contributed by atoms with Gasteiger partial charge in [-0.25, -0.2) is 0 Å². The first-order valence-electron chi connectivity index (χ1n) is 5.76. The lowest BCUT2D eigenvalue weighted by Gasteiger charge is -2.25. The van der Waals surface area contributed by atoms with Crippen LogP contribution in [0, 0.1) is 11.3 Å². The van der Waals surface area contributed by atoms with E-state index in [9.17, 15) is 4.79 Å². The third-order valence-corrected chi connectivity index (χ3v) is 3.79. The Balaban J connectivity index is 2.71. The molecule has 0 bridgehead atoms. The molecular formula is C12H21IO4. The van der Waals surface area contributed by atoms with Crippen molar-refractivity contribution in [3.63, 3.8) is 0 Å². The van der Waals surface area contributed by atoms with Crippen LogP contribution in [-0.2, 0) is 19.0 Å². The van der Waals surface area contributed by atoms with Crippen molar-refractivity contribution in [3.05, 3.63) is 0 Å². The van der Waals surface area contributed by atoms with Crippen LogP contribution in [0.1, 0.15) is 27.7 Å². The summed E-state index contributed by atoms with van der Waals surface area (Å²) in [6.45, 7) is 7.55. The molecule has 17 heavy (non-hydrogen) atoms. The second-order valence-corrected chi connectivity index (χ2v) is 6.29. The van der Waals surface area contributed by atoms with Crippen molar-refractivity contribution in [1.82, 2.24) is 0 Å². The van der Waals surface area contributed by atoms with E-state index in [0.29, 0.717) is 0 Å². The molecule has 5 heteroatoms. The maximum absolute atomic E-state index is 11.9. The molecule has 0 aromatic rings. The number of alkyl halides is 1. The molecule has 1 heterocycles. The fourth-order valence-corrected chi connectivity index (χ4v) is 2.67. The van der Waals surface area contributed by atoms with E-state index >= 15 is 0 Å². The molecule has 1 aliphatic heterocycles. The molecule has 0 amide bonds. The Morgan fingerprint density at radius 1 is 1.41 bits per heavy atom. The number of hydrogen-bond acceptors (Lipinski definition) is 4. The standard InChI is InChI=1S/C12H21IO4/c1-7-8(6-13)16-10(15-5)9(7)17-11(14)12(2,3)4/h7-10H,6H2,1-5H3/t7-,8-,9-,10-/m1/s1. The Morgan fingerprint density at radius 2 is 2.00 bits per heavy atom. The smallest absolute Gasteiger partial charge is 0.311 e. The highest BCUT2D eigenvalue weighted by Gasteiger charge is 2.45. The number of methoxy groups -OCH3 is 1. The number of hydrogen-bond donors (Lipinski definition) is 0. The number of ether oxygens (including phenoxy) is 3. The van der Waals surface area contributed by atoms with Gasteiger partial charge < -0.3 is 14.2 Å². The molecule has 1 fully saturated rings. The maximum Gasteiger partial charge on any atom is 0.311 e. The molecule has 0 radical (unpaired) electrons. The quantitative estimate of drug-likeness (QED) is 0.443. The Kier molecular flexibility index (Phi) is 5.21. The van der Waals surface area contributed by atoms with E-state index < -0.39 is 11.7 Å². The second-order valence-electron chi connectivity index (χ2n) is 5.41. The van der Waals surface area contributed by atoms with Gasteiger partial charge in [0.2, 0.25) is 0 Å². The van der Waals surface area contributed by atoms with Crippen LogP contribution in [0.25, 0.3) is 0 Å². The van der Waals surface area contributed by atoms with Crippen molar-refractivity contribution in [2.45, 2.75) is 46.2 Å². The average molecular weight is 356 g/mol. The molecule has 0 spiro atoms. The highest BCUT2D eigenvalue weighted by Crippen LogP contribution is 2.32. The fourth-order valence-electron chi connectivity index (χ4n) is 1.66. The zero-order valence-electron chi connectivity index (χ0n) is 11.0. The molecule has 4 atom stereocenters. The van der Waals surface area contributed by atoms with Crippen molar-refractivity contribution in [2.75, 3.05) is 11.5 Å². The molecule has 0 aliphatic carbocycles. The molecule has 0 aromatic heterocycles. The number of carbonyl (C=O) groups is 1. The van der Waals surface area contributed by atoms with Crippen molar-refractivity contribution in [1.29, 1.82) is 0 Å². The molecule has 100 valence electrons. The summed E-state index contributed by atoms with van der Waals surface area (Å²) in [4.78, 5) is 11.9. The van der Waals surface area contributed by atoms with Crippen molar-refractivity contribution < 1.29 is 19.0 Å². The second kappa shape index (κ2) is 5.84. The summed E-state index contributed by atoms with van der Waals surface area (Å²) in [5.74, 6) is -0.0581. The Morgan fingerprint density at radius 3 is 2.41 bits per heavy atom. The zero-order chi connectivity index (χ0) is 13.2. The lowest BCUT2D eigenvalue weighted by Crippen LogP contribution is -2.36. The Bertz CT molecular complexity index is 272. The van der Waals surface area contributed by atoms with Crippen LogP contribution in [0.15, 0.2) is 0 Å². The van der Waals surface area contributed by atoms with E-state index in [4.69, 9.17) is 14.2 Å². The number of carbonyl (C=O) groups excluding carboxylic acids is 1. The third kappa shape index (κ3) is 3.54. The molecule has 4 nitrogen and oxygen atoms in total. The minimum atomic E-state index is -0.500. The summed E-state index contributed by atoms with van der Waals surface area (Å²) < 4.78 is 17.3. The van der Waals surface area contributed by atoms with Gasteiger partial charge in [-0.3, -0.25) is 4.79 Å². The highest BCUT2D eigenvalue weighted by molar-refractivity contribution is 14.1. The van der Waals surface area contributed by atoms with E-state index in [0.717, 1.165) is 4.43 Å². The van der Waals surface area contributed by atoms with Gasteiger partial charge in [-0.15, -0.1) is 0 Å². The molecule has 1 rings (SSSR count). The lowest BCUT2D eigenvalue weighted by atomic mass is 9.96. The predicted octanol–water partition coefficient (Wildman–Crippen LogP) is 2.39. The molecule has 1 saturated heterocycles. The summed E-state index contributed by atoms with van der Waals surface area (Å²) in [7, 11) is 1.57. The molecule has 0 saturated carbocycles. The van der Waals surface area contributed by atoms with Gasteiger partial charge >= 0.3 is 5.97 Å². The zero-order valence-corrected chi connectivity index (χ0v) is 13.2. The van der Waals surface area contributed by atoms with Gasteiger partial charge in [0, 0.05) is 17.5 Å². The van der Waals surface area contributed by atoms with E-state index in [-0.39, 0.29) is 24.1 Å². The van der Waals surface area contributed by atoms with Gasteiger partial charge in [-0.1, -0.05) is 29.5 Å². The molecule has 0 aromatic carbocycles. The van der Waals surface area contributed by atoms with Gasteiger partial charge in [0.05, 0.1) is 11.5 Å². The first-order chi connectivity index (χ1) is 7.81. The predicted molar refractivity (Wildman–Crippen MR) is 73.1 cm³/mol. The van der Waals surface area contributed by atoms with Crippen molar-refractivity contribution in [2.24, 2.45) is 11.3 Å². The number of halogens is 1. The lowest BCUT2D eigenvalue weighted by molar-refractivity contribution is -0.184.